The van der Waals surface area contributed by atoms with E-state index in [1.165, 1.54) is 35.8 Å². The molecular weight excluding hydrogens is 512 g/mol. The van der Waals surface area contributed by atoms with E-state index in [2.05, 4.69) is 4.98 Å². The van der Waals surface area contributed by atoms with Crippen molar-refractivity contribution in [2.45, 2.75) is 45.1 Å². The zero-order valence-corrected chi connectivity index (χ0v) is 22.1. The molecule has 208 valence electrons. The van der Waals surface area contributed by atoms with Crippen molar-refractivity contribution >= 4 is 5.91 Å². The van der Waals surface area contributed by atoms with Gasteiger partial charge in [0, 0.05) is 32.4 Å². The van der Waals surface area contributed by atoms with Crippen LogP contribution < -0.4 is 19.8 Å². The lowest BCUT2D eigenvalue weighted by Crippen LogP contribution is -2.43. The molecule has 0 spiro atoms. The molecule has 0 bridgehead atoms. The van der Waals surface area contributed by atoms with Crippen LogP contribution in [-0.2, 0) is 6.42 Å². The summed E-state index contributed by atoms with van der Waals surface area (Å²) in [5.74, 6) is -2.54. The van der Waals surface area contributed by atoms with Crippen molar-refractivity contribution in [3.05, 3.63) is 69.8 Å². The fourth-order valence-corrected chi connectivity index (χ4v) is 4.62. The van der Waals surface area contributed by atoms with Crippen molar-refractivity contribution < 1.29 is 32.9 Å². The van der Waals surface area contributed by atoms with Gasteiger partial charge in [-0.25, -0.2) is 4.39 Å². The third kappa shape index (κ3) is 5.67. The molecule has 11 heteroatoms. The zero-order valence-electron chi connectivity index (χ0n) is 22.1. The number of carbonyl (C=O) groups is 1. The second-order valence-corrected chi connectivity index (χ2v) is 9.14. The van der Waals surface area contributed by atoms with Gasteiger partial charge in [0.2, 0.25) is 11.7 Å². The summed E-state index contributed by atoms with van der Waals surface area (Å²) in [7, 11) is 2.93. The average molecular weight is 544 g/mol. The minimum Gasteiger partial charge on any atom is -0.494 e. The maximum atomic E-state index is 14.0. The number of ether oxygens (including phenoxy) is 3. The van der Waals surface area contributed by atoms with E-state index in [0.29, 0.717) is 42.9 Å². The van der Waals surface area contributed by atoms with Crippen LogP contribution >= 0.6 is 0 Å². The number of amides is 1. The second-order valence-electron chi connectivity index (χ2n) is 9.14. The normalized spacial score (nSPS) is 13.8. The molecule has 2 aromatic carbocycles. The summed E-state index contributed by atoms with van der Waals surface area (Å²) in [5.41, 5.74) is -0.996. The summed E-state index contributed by atoms with van der Waals surface area (Å²) in [6, 6.07) is 8.76. The van der Waals surface area contributed by atoms with Gasteiger partial charge in [0.1, 0.15) is 29.1 Å². The number of hydrogen-bond acceptors (Lipinski definition) is 7. The van der Waals surface area contributed by atoms with Crippen LogP contribution in [0.15, 0.2) is 41.2 Å². The van der Waals surface area contributed by atoms with Crippen LogP contribution in [0.1, 0.15) is 48.8 Å². The molecule has 0 aliphatic carbocycles. The van der Waals surface area contributed by atoms with Gasteiger partial charge in [0.25, 0.3) is 11.5 Å². The molecular formula is C28H31F2N3O6. The topological polar surface area (TPSA) is 103 Å². The van der Waals surface area contributed by atoms with Crippen LogP contribution in [0.25, 0.3) is 5.69 Å². The van der Waals surface area contributed by atoms with Crippen molar-refractivity contribution in [3.8, 4) is 28.8 Å². The molecule has 0 radical (unpaired) electrons. The lowest BCUT2D eigenvalue weighted by Gasteiger charge is -2.32. The first-order valence-electron chi connectivity index (χ1n) is 12.8. The first-order chi connectivity index (χ1) is 18.8. The molecule has 1 aliphatic heterocycles. The van der Waals surface area contributed by atoms with E-state index in [1.54, 1.807) is 18.2 Å². The number of benzene rings is 2. The van der Waals surface area contributed by atoms with Crippen molar-refractivity contribution in [1.82, 2.24) is 14.5 Å². The van der Waals surface area contributed by atoms with Crippen LogP contribution in [-0.4, -0.2) is 58.9 Å². The lowest BCUT2D eigenvalue weighted by molar-refractivity contribution is 0.0581. The molecule has 1 fully saturated rings. The Morgan fingerprint density at radius 2 is 1.67 bits per heavy atom. The molecule has 39 heavy (non-hydrogen) atoms. The number of aromatic hydroxyl groups is 1. The van der Waals surface area contributed by atoms with Crippen molar-refractivity contribution in [3.63, 3.8) is 0 Å². The largest absolute Gasteiger partial charge is 0.494 e. The van der Waals surface area contributed by atoms with Crippen LogP contribution in [0.5, 0.6) is 23.1 Å². The standard InChI is InChI=1S/C28H31F2N3O6/c1-4-5-12-22-31-26(34)23(28(36)33(22)25-20(37-2)10-7-11-21(25)38-3)27(35)32-15-13-17(14-16-32)39-19-9-6-8-18(29)24(19)30/h6-11,17,36H,4-5,12-16H2,1-3H3. The van der Waals surface area contributed by atoms with Gasteiger partial charge in [-0.1, -0.05) is 25.5 Å². The summed E-state index contributed by atoms with van der Waals surface area (Å²) in [6.07, 6.45) is 2.06. The predicted octanol–water partition coefficient (Wildman–Crippen LogP) is 4.26. The molecule has 1 aromatic heterocycles. The Labute approximate surface area is 224 Å². The van der Waals surface area contributed by atoms with Crippen molar-refractivity contribution in [2.24, 2.45) is 0 Å². The number of nitrogens with zero attached hydrogens (tertiary/aromatic N) is 3. The summed E-state index contributed by atoms with van der Waals surface area (Å²) < 4.78 is 45.5. The number of unbranched alkanes of at least 4 members (excludes halogenated alkanes) is 1. The average Bonchev–Trinajstić information content (AvgIpc) is 2.94. The number of methoxy groups -OCH3 is 2. The number of hydrogen-bond donors (Lipinski definition) is 1. The molecule has 1 saturated heterocycles. The first-order valence-corrected chi connectivity index (χ1v) is 12.8. The molecule has 0 atom stereocenters. The molecule has 9 nitrogen and oxygen atoms in total. The number of halogens is 2. The highest BCUT2D eigenvalue weighted by atomic mass is 19.2. The van der Waals surface area contributed by atoms with Crippen LogP contribution in [0.3, 0.4) is 0 Å². The third-order valence-corrected chi connectivity index (χ3v) is 6.67. The van der Waals surface area contributed by atoms with E-state index >= 15 is 0 Å². The lowest BCUT2D eigenvalue weighted by atomic mass is 10.1. The molecule has 0 unspecified atom stereocenters. The SMILES string of the molecule is CCCCc1nc(=O)c(C(=O)N2CCC(Oc3cccc(F)c3F)CC2)c(O)n1-c1c(OC)cccc1OC. The second kappa shape index (κ2) is 12.1. The monoisotopic (exact) mass is 543 g/mol. The summed E-state index contributed by atoms with van der Waals surface area (Å²) >= 11 is 0. The smallest absolute Gasteiger partial charge is 0.289 e. The maximum absolute atomic E-state index is 14.0. The highest BCUT2D eigenvalue weighted by molar-refractivity contribution is 5.96. The predicted molar refractivity (Wildman–Crippen MR) is 139 cm³/mol. The fraction of sp³-hybridized carbons (Fsp3) is 0.393. The molecule has 0 saturated carbocycles. The molecule has 3 aromatic rings. The number of rotatable bonds is 9. The Kier molecular flexibility index (Phi) is 8.68. The van der Waals surface area contributed by atoms with Gasteiger partial charge in [-0.2, -0.15) is 9.37 Å². The Bertz CT molecular complexity index is 1380. The van der Waals surface area contributed by atoms with Crippen LogP contribution in [0, 0.1) is 11.6 Å². The van der Waals surface area contributed by atoms with Gasteiger partial charge in [-0.15, -0.1) is 0 Å². The number of likely N-dealkylation sites (tertiary alicyclic amines) is 1. The number of aryl methyl sites for hydroxylation is 1. The summed E-state index contributed by atoms with van der Waals surface area (Å²) in [4.78, 5) is 32.2. The van der Waals surface area contributed by atoms with Gasteiger partial charge in [-0.05, 0) is 30.7 Å². The van der Waals surface area contributed by atoms with E-state index in [9.17, 15) is 23.5 Å². The minimum atomic E-state index is -1.07. The Hall–Kier alpha value is -4.15. The first kappa shape index (κ1) is 27.9. The number of para-hydroxylation sites is 1. The van der Waals surface area contributed by atoms with Gasteiger partial charge < -0.3 is 24.2 Å². The van der Waals surface area contributed by atoms with Crippen LogP contribution in [0.4, 0.5) is 8.78 Å². The summed E-state index contributed by atoms with van der Waals surface area (Å²) in [5, 5.41) is 11.4. The molecule has 1 N–H and O–H groups in total. The molecule has 4 rings (SSSR count). The van der Waals surface area contributed by atoms with Gasteiger partial charge in [0.15, 0.2) is 17.1 Å². The number of aromatic nitrogens is 2. The van der Waals surface area contributed by atoms with E-state index < -0.39 is 40.6 Å². The van der Waals surface area contributed by atoms with Crippen LogP contribution in [0.2, 0.25) is 0 Å². The zero-order chi connectivity index (χ0) is 28.1. The summed E-state index contributed by atoms with van der Waals surface area (Å²) in [6.45, 7) is 2.34. The molecule has 1 aliphatic rings. The Morgan fingerprint density at radius 1 is 1.05 bits per heavy atom. The van der Waals surface area contributed by atoms with E-state index in [0.717, 1.165) is 12.5 Å². The number of carbonyl (C=O) groups excluding carboxylic acids is 1. The van der Waals surface area contributed by atoms with E-state index in [-0.39, 0.29) is 24.7 Å². The molecule has 2 heterocycles. The van der Waals surface area contributed by atoms with Crippen molar-refractivity contribution in [1.29, 1.82) is 0 Å². The highest BCUT2D eigenvalue weighted by Crippen LogP contribution is 2.37. The minimum absolute atomic E-state index is 0.175. The quantitative estimate of drug-likeness (QED) is 0.430. The number of piperidine rings is 1. The molecule has 1 amide bonds. The van der Waals surface area contributed by atoms with Gasteiger partial charge in [0.05, 0.1) is 14.2 Å². The maximum Gasteiger partial charge on any atom is 0.289 e. The van der Waals surface area contributed by atoms with E-state index in [1.807, 2.05) is 6.92 Å². The van der Waals surface area contributed by atoms with Gasteiger partial charge in [-0.3, -0.25) is 14.2 Å². The van der Waals surface area contributed by atoms with Gasteiger partial charge >= 0.3 is 0 Å². The van der Waals surface area contributed by atoms with E-state index in [4.69, 9.17) is 14.2 Å². The Morgan fingerprint density at radius 3 is 2.28 bits per heavy atom. The third-order valence-electron chi connectivity index (χ3n) is 6.67. The highest BCUT2D eigenvalue weighted by Gasteiger charge is 2.32. The Balaban J connectivity index is 1.66. The fourth-order valence-electron chi connectivity index (χ4n) is 4.62. The van der Waals surface area contributed by atoms with Crippen molar-refractivity contribution in [2.75, 3.05) is 27.3 Å².